The van der Waals surface area contributed by atoms with Crippen LogP contribution in [0.3, 0.4) is 0 Å². The summed E-state index contributed by atoms with van der Waals surface area (Å²) in [4.78, 5) is 34.1. The molecule has 2 N–H and O–H groups in total. The van der Waals surface area contributed by atoms with E-state index in [0.29, 0.717) is 22.9 Å². The van der Waals surface area contributed by atoms with Gasteiger partial charge in [-0.15, -0.1) is 0 Å². The summed E-state index contributed by atoms with van der Waals surface area (Å²) in [6.07, 6.45) is 6.66. The largest absolute Gasteiger partial charge is 0.341 e. The van der Waals surface area contributed by atoms with Crippen molar-refractivity contribution in [1.82, 2.24) is 9.97 Å². The van der Waals surface area contributed by atoms with Gasteiger partial charge in [-0.1, -0.05) is 0 Å². The van der Waals surface area contributed by atoms with Gasteiger partial charge in [0.05, 0.1) is 5.56 Å². The van der Waals surface area contributed by atoms with E-state index in [1.54, 1.807) is 36.7 Å². The highest BCUT2D eigenvalue weighted by atomic mass is 16.2. The molecule has 2 aromatic rings. The van der Waals surface area contributed by atoms with Gasteiger partial charge in [0.25, 0.3) is 5.91 Å². The average Bonchev–Trinajstić information content (AvgIpc) is 2.64. The topological polar surface area (TPSA) is 87.2 Å². The van der Waals surface area contributed by atoms with Crippen LogP contribution in [0.15, 0.2) is 36.7 Å². The zero-order valence-corrected chi connectivity index (χ0v) is 14.2. The van der Waals surface area contributed by atoms with Crippen molar-refractivity contribution >= 4 is 29.1 Å². The van der Waals surface area contributed by atoms with E-state index < -0.39 is 0 Å². The lowest BCUT2D eigenvalue weighted by Crippen LogP contribution is -2.31. The molecule has 1 aliphatic heterocycles. The van der Waals surface area contributed by atoms with E-state index >= 15 is 0 Å². The van der Waals surface area contributed by atoms with Gasteiger partial charge < -0.3 is 15.5 Å². The predicted molar refractivity (Wildman–Crippen MR) is 96.8 cm³/mol. The van der Waals surface area contributed by atoms with Crippen molar-refractivity contribution in [3.05, 3.63) is 42.2 Å². The van der Waals surface area contributed by atoms with Gasteiger partial charge in [-0.3, -0.25) is 9.59 Å². The minimum atomic E-state index is -0.266. The van der Waals surface area contributed by atoms with Crippen LogP contribution in [0.5, 0.6) is 0 Å². The lowest BCUT2D eigenvalue weighted by molar-refractivity contribution is -0.114. The first-order valence-corrected chi connectivity index (χ1v) is 8.38. The maximum atomic E-state index is 12.3. The van der Waals surface area contributed by atoms with Gasteiger partial charge in [-0.05, 0) is 43.5 Å². The summed E-state index contributed by atoms with van der Waals surface area (Å²) in [7, 11) is 0. The molecule has 1 aromatic heterocycles. The molecule has 0 spiro atoms. The monoisotopic (exact) mass is 339 g/mol. The second-order valence-electron chi connectivity index (χ2n) is 6.03. The fourth-order valence-corrected chi connectivity index (χ4v) is 2.74. The van der Waals surface area contributed by atoms with Crippen molar-refractivity contribution in [3.63, 3.8) is 0 Å². The molecule has 0 saturated carbocycles. The lowest BCUT2D eigenvalue weighted by Gasteiger charge is -2.26. The number of hydrogen-bond donors (Lipinski definition) is 2. The standard InChI is InChI=1S/C18H21N5O2/c1-13(24)21-15-5-7-16(8-6-15)22-17(25)14-11-19-18(20-12-14)23-9-3-2-4-10-23/h5-8,11-12H,2-4,9-10H2,1H3,(H,21,24)(H,22,25). The first-order chi connectivity index (χ1) is 12.1. The van der Waals surface area contributed by atoms with E-state index in [1.165, 1.54) is 13.3 Å². The molecule has 0 unspecified atom stereocenters. The number of rotatable bonds is 4. The highest BCUT2D eigenvalue weighted by molar-refractivity contribution is 6.04. The number of piperidine rings is 1. The number of amides is 2. The molecule has 0 aliphatic carbocycles. The lowest BCUT2D eigenvalue weighted by atomic mass is 10.1. The normalized spacial score (nSPS) is 14.0. The van der Waals surface area contributed by atoms with Crippen LogP contribution in [0.4, 0.5) is 17.3 Å². The molecule has 1 saturated heterocycles. The first kappa shape index (κ1) is 16.9. The van der Waals surface area contributed by atoms with Crippen LogP contribution in [0.1, 0.15) is 36.5 Å². The van der Waals surface area contributed by atoms with Crippen LogP contribution < -0.4 is 15.5 Å². The van der Waals surface area contributed by atoms with Crippen molar-refractivity contribution in [2.24, 2.45) is 0 Å². The molecule has 1 fully saturated rings. The van der Waals surface area contributed by atoms with Gasteiger partial charge in [0, 0.05) is 43.8 Å². The number of benzene rings is 1. The fourth-order valence-electron chi connectivity index (χ4n) is 2.74. The quantitative estimate of drug-likeness (QED) is 0.894. The summed E-state index contributed by atoms with van der Waals surface area (Å²) in [6.45, 7) is 3.38. The van der Waals surface area contributed by atoms with Crippen LogP contribution in [0.25, 0.3) is 0 Å². The van der Waals surface area contributed by atoms with E-state index in [0.717, 1.165) is 25.9 Å². The minimum Gasteiger partial charge on any atom is -0.341 e. The molecule has 1 aromatic carbocycles. The van der Waals surface area contributed by atoms with E-state index in [9.17, 15) is 9.59 Å². The van der Waals surface area contributed by atoms with E-state index in [2.05, 4.69) is 25.5 Å². The van der Waals surface area contributed by atoms with Gasteiger partial charge in [0.2, 0.25) is 11.9 Å². The Morgan fingerprint density at radius 1 is 0.920 bits per heavy atom. The molecule has 7 nitrogen and oxygen atoms in total. The summed E-state index contributed by atoms with van der Waals surface area (Å²) < 4.78 is 0. The molecule has 2 amide bonds. The van der Waals surface area contributed by atoms with Crippen molar-refractivity contribution in [2.45, 2.75) is 26.2 Å². The van der Waals surface area contributed by atoms with Gasteiger partial charge >= 0.3 is 0 Å². The summed E-state index contributed by atoms with van der Waals surface area (Å²) in [5.74, 6) is 0.274. The van der Waals surface area contributed by atoms with Crippen molar-refractivity contribution in [1.29, 1.82) is 0 Å². The zero-order valence-electron chi connectivity index (χ0n) is 14.2. The average molecular weight is 339 g/mol. The number of hydrogen-bond acceptors (Lipinski definition) is 5. The zero-order chi connectivity index (χ0) is 17.6. The number of carbonyl (C=O) groups excluding carboxylic acids is 2. The molecule has 0 atom stereocenters. The number of anilines is 3. The minimum absolute atomic E-state index is 0.136. The summed E-state index contributed by atoms with van der Waals surface area (Å²) in [5.41, 5.74) is 1.73. The van der Waals surface area contributed by atoms with Gasteiger partial charge in [-0.25, -0.2) is 9.97 Å². The molecular formula is C18H21N5O2. The molecular weight excluding hydrogens is 318 g/mol. The van der Waals surface area contributed by atoms with Crippen LogP contribution in [0, 0.1) is 0 Å². The van der Waals surface area contributed by atoms with Crippen LogP contribution in [0.2, 0.25) is 0 Å². The number of carbonyl (C=O) groups is 2. The molecule has 7 heteroatoms. The SMILES string of the molecule is CC(=O)Nc1ccc(NC(=O)c2cnc(N3CCCCC3)nc2)cc1. The Morgan fingerprint density at radius 2 is 1.48 bits per heavy atom. The number of nitrogens with zero attached hydrogens (tertiary/aromatic N) is 3. The predicted octanol–water partition coefficient (Wildman–Crippen LogP) is 2.68. The molecule has 2 heterocycles. The van der Waals surface area contributed by atoms with Crippen molar-refractivity contribution in [2.75, 3.05) is 28.6 Å². The molecule has 0 bridgehead atoms. The molecule has 1 aliphatic rings. The highest BCUT2D eigenvalue weighted by Gasteiger charge is 2.14. The fraction of sp³-hybridized carbons (Fsp3) is 0.333. The van der Waals surface area contributed by atoms with Crippen molar-refractivity contribution in [3.8, 4) is 0 Å². The summed E-state index contributed by atoms with van der Waals surface area (Å²) in [6, 6.07) is 6.91. The summed E-state index contributed by atoms with van der Waals surface area (Å²) in [5, 5.41) is 5.47. The van der Waals surface area contributed by atoms with Crippen molar-refractivity contribution < 1.29 is 9.59 Å². The van der Waals surface area contributed by atoms with Crippen LogP contribution in [-0.4, -0.2) is 34.9 Å². The third kappa shape index (κ3) is 4.53. The third-order valence-corrected chi connectivity index (χ3v) is 4.00. The van der Waals surface area contributed by atoms with Gasteiger partial charge in [0.15, 0.2) is 0 Å². The Bertz CT molecular complexity index is 737. The number of nitrogens with one attached hydrogen (secondary N) is 2. The molecule has 3 rings (SSSR count). The second kappa shape index (κ2) is 7.74. The first-order valence-electron chi connectivity index (χ1n) is 8.38. The second-order valence-corrected chi connectivity index (χ2v) is 6.03. The van der Waals surface area contributed by atoms with Crippen LogP contribution >= 0.6 is 0 Å². The Labute approximate surface area is 146 Å². The smallest absolute Gasteiger partial charge is 0.258 e. The molecule has 25 heavy (non-hydrogen) atoms. The van der Waals surface area contributed by atoms with E-state index in [4.69, 9.17) is 0 Å². The van der Waals surface area contributed by atoms with Gasteiger partial charge in [0.1, 0.15) is 0 Å². The maximum absolute atomic E-state index is 12.3. The third-order valence-electron chi connectivity index (χ3n) is 4.00. The Balaban J connectivity index is 1.61. The maximum Gasteiger partial charge on any atom is 0.258 e. The Morgan fingerprint density at radius 3 is 2.04 bits per heavy atom. The van der Waals surface area contributed by atoms with E-state index in [1.807, 2.05) is 0 Å². The Kier molecular flexibility index (Phi) is 5.23. The Hall–Kier alpha value is -2.96. The van der Waals surface area contributed by atoms with Gasteiger partial charge in [-0.2, -0.15) is 0 Å². The number of aromatic nitrogens is 2. The highest BCUT2D eigenvalue weighted by Crippen LogP contribution is 2.17. The van der Waals surface area contributed by atoms with Crippen LogP contribution in [-0.2, 0) is 4.79 Å². The molecule has 130 valence electrons. The van der Waals surface area contributed by atoms with E-state index in [-0.39, 0.29) is 11.8 Å². The summed E-state index contributed by atoms with van der Waals surface area (Å²) >= 11 is 0. The molecule has 0 radical (unpaired) electrons.